The molecule has 3 aromatic rings. The first-order chi connectivity index (χ1) is 10.6. The Labute approximate surface area is 128 Å². The van der Waals surface area contributed by atoms with Crippen molar-refractivity contribution in [3.05, 3.63) is 54.2 Å². The first-order valence-corrected chi connectivity index (χ1v) is 7.20. The summed E-state index contributed by atoms with van der Waals surface area (Å²) >= 11 is 0. The molecule has 6 nitrogen and oxygen atoms in total. The zero-order chi connectivity index (χ0) is 15.5. The summed E-state index contributed by atoms with van der Waals surface area (Å²) in [5.74, 6) is 2.49. The minimum absolute atomic E-state index is 0.0698. The lowest BCUT2D eigenvalue weighted by molar-refractivity contribution is 0.348. The van der Waals surface area contributed by atoms with Crippen LogP contribution in [0.5, 0.6) is 0 Å². The summed E-state index contributed by atoms with van der Waals surface area (Å²) in [5.41, 5.74) is 1.01. The van der Waals surface area contributed by atoms with Crippen molar-refractivity contribution in [2.24, 2.45) is 0 Å². The predicted molar refractivity (Wildman–Crippen MR) is 80.9 cm³/mol. The van der Waals surface area contributed by atoms with Crippen molar-refractivity contribution < 1.29 is 8.83 Å². The van der Waals surface area contributed by atoms with Crippen LogP contribution in [-0.2, 0) is 0 Å². The van der Waals surface area contributed by atoms with E-state index in [1.54, 1.807) is 13.1 Å². The summed E-state index contributed by atoms with van der Waals surface area (Å²) in [5, 5.41) is 11.2. The molecule has 0 aliphatic rings. The lowest BCUT2D eigenvalue weighted by atomic mass is 10.2. The Balaban J connectivity index is 1.70. The molecule has 0 saturated heterocycles. The van der Waals surface area contributed by atoms with Crippen LogP contribution in [0.3, 0.4) is 0 Å². The number of nitrogens with zero attached hydrogens (tertiary/aromatic N) is 3. The van der Waals surface area contributed by atoms with E-state index in [4.69, 9.17) is 8.83 Å². The monoisotopic (exact) mass is 298 g/mol. The minimum atomic E-state index is -0.0803. The SMILES string of the molecule is Cc1nnc([C@@H](C)N[C@H](C)c2ncc(-c3ccccc3)o2)o1. The maximum Gasteiger partial charge on any atom is 0.233 e. The zero-order valence-corrected chi connectivity index (χ0v) is 12.8. The molecule has 0 bridgehead atoms. The van der Waals surface area contributed by atoms with Gasteiger partial charge in [0.25, 0.3) is 0 Å². The van der Waals surface area contributed by atoms with E-state index in [2.05, 4.69) is 20.5 Å². The van der Waals surface area contributed by atoms with Crippen LogP contribution in [0.15, 0.2) is 45.4 Å². The molecule has 0 aliphatic heterocycles. The molecule has 2 aromatic heterocycles. The molecule has 0 amide bonds. The third-order valence-electron chi connectivity index (χ3n) is 3.36. The molecule has 0 radical (unpaired) electrons. The van der Waals surface area contributed by atoms with Crippen LogP contribution in [0.25, 0.3) is 11.3 Å². The first-order valence-electron chi connectivity index (χ1n) is 7.20. The summed E-state index contributed by atoms with van der Waals surface area (Å²) in [6.07, 6.45) is 1.74. The quantitative estimate of drug-likeness (QED) is 0.777. The van der Waals surface area contributed by atoms with Crippen LogP contribution in [0.2, 0.25) is 0 Å². The highest BCUT2D eigenvalue weighted by Crippen LogP contribution is 2.24. The average molecular weight is 298 g/mol. The van der Waals surface area contributed by atoms with E-state index in [1.165, 1.54) is 0 Å². The van der Waals surface area contributed by atoms with Gasteiger partial charge < -0.3 is 8.83 Å². The van der Waals surface area contributed by atoms with E-state index >= 15 is 0 Å². The van der Waals surface area contributed by atoms with Gasteiger partial charge in [-0.15, -0.1) is 10.2 Å². The largest absolute Gasteiger partial charge is 0.439 e. The molecule has 6 heteroatoms. The Morgan fingerprint density at radius 1 is 0.955 bits per heavy atom. The van der Waals surface area contributed by atoms with E-state index in [0.29, 0.717) is 17.7 Å². The molecular weight excluding hydrogens is 280 g/mol. The molecule has 0 saturated carbocycles. The molecule has 0 unspecified atom stereocenters. The summed E-state index contributed by atoms with van der Waals surface area (Å²) in [6, 6.07) is 9.75. The smallest absolute Gasteiger partial charge is 0.233 e. The third-order valence-corrected chi connectivity index (χ3v) is 3.36. The van der Waals surface area contributed by atoms with Gasteiger partial charge in [0.2, 0.25) is 17.7 Å². The highest BCUT2D eigenvalue weighted by molar-refractivity contribution is 5.55. The summed E-state index contributed by atoms with van der Waals surface area (Å²) < 4.78 is 11.3. The number of hydrogen-bond donors (Lipinski definition) is 1. The number of aromatic nitrogens is 3. The van der Waals surface area contributed by atoms with E-state index in [-0.39, 0.29) is 12.1 Å². The van der Waals surface area contributed by atoms with Gasteiger partial charge in [0.1, 0.15) is 0 Å². The molecule has 0 spiro atoms. The lowest BCUT2D eigenvalue weighted by Gasteiger charge is -2.14. The topological polar surface area (TPSA) is 77.0 Å². The number of aryl methyl sites for hydroxylation is 1. The number of nitrogens with one attached hydrogen (secondary N) is 1. The van der Waals surface area contributed by atoms with Gasteiger partial charge in [-0.05, 0) is 13.8 Å². The van der Waals surface area contributed by atoms with Gasteiger partial charge in [-0.25, -0.2) is 4.98 Å². The van der Waals surface area contributed by atoms with Crippen molar-refractivity contribution in [2.45, 2.75) is 32.9 Å². The van der Waals surface area contributed by atoms with Crippen LogP contribution in [0, 0.1) is 6.92 Å². The Morgan fingerprint density at radius 3 is 2.36 bits per heavy atom. The summed E-state index contributed by atoms with van der Waals surface area (Å²) in [7, 11) is 0. The molecule has 114 valence electrons. The zero-order valence-electron chi connectivity index (χ0n) is 12.8. The summed E-state index contributed by atoms with van der Waals surface area (Å²) in [6.45, 7) is 5.72. The molecule has 22 heavy (non-hydrogen) atoms. The van der Waals surface area contributed by atoms with E-state index in [9.17, 15) is 0 Å². The van der Waals surface area contributed by atoms with Crippen LogP contribution < -0.4 is 5.32 Å². The van der Waals surface area contributed by atoms with Gasteiger partial charge in [0, 0.05) is 12.5 Å². The van der Waals surface area contributed by atoms with Gasteiger partial charge in [0.05, 0.1) is 18.3 Å². The predicted octanol–water partition coefficient (Wildman–Crippen LogP) is 3.44. The molecule has 1 aromatic carbocycles. The molecular formula is C16H18N4O2. The fraction of sp³-hybridized carbons (Fsp3) is 0.312. The van der Waals surface area contributed by atoms with E-state index in [1.807, 2.05) is 44.2 Å². The molecule has 1 N–H and O–H groups in total. The van der Waals surface area contributed by atoms with E-state index < -0.39 is 0 Å². The number of benzene rings is 1. The van der Waals surface area contributed by atoms with Crippen LogP contribution in [0.1, 0.15) is 43.6 Å². The highest BCUT2D eigenvalue weighted by Gasteiger charge is 2.19. The maximum absolute atomic E-state index is 5.83. The number of oxazole rings is 1. The van der Waals surface area contributed by atoms with Gasteiger partial charge in [-0.2, -0.15) is 0 Å². The van der Waals surface area contributed by atoms with Crippen molar-refractivity contribution >= 4 is 0 Å². The second kappa shape index (κ2) is 6.11. The second-order valence-corrected chi connectivity index (χ2v) is 5.20. The van der Waals surface area contributed by atoms with E-state index in [0.717, 1.165) is 11.3 Å². The molecule has 0 aliphatic carbocycles. The van der Waals surface area contributed by atoms with Gasteiger partial charge in [-0.3, -0.25) is 5.32 Å². The fourth-order valence-electron chi connectivity index (χ4n) is 2.23. The minimum Gasteiger partial charge on any atom is -0.439 e. The highest BCUT2D eigenvalue weighted by atomic mass is 16.4. The van der Waals surface area contributed by atoms with Crippen molar-refractivity contribution in [2.75, 3.05) is 0 Å². The van der Waals surface area contributed by atoms with Crippen LogP contribution >= 0.6 is 0 Å². The first kappa shape index (κ1) is 14.5. The van der Waals surface area contributed by atoms with Gasteiger partial charge in [0.15, 0.2) is 5.76 Å². The molecule has 3 rings (SSSR count). The standard InChI is InChI=1S/C16H18N4O2/c1-10(18-11(2)16-20-19-12(3)21-16)15-17-9-14(22-15)13-7-5-4-6-8-13/h4-11,18H,1-3H3/t10-,11-/m1/s1. The number of rotatable bonds is 5. The molecule has 2 heterocycles. The maximum atomic E-state index is 5.83. The van der Waals surface area contributed by atoms with Crippen molar-refractivity contribution in [3.63, 3.8) is 0 Å². The van der Waals surface area contributed by atoms with Crippen molar-refractivity contribution in [1.29, 1.82) is 0 Å². The molecule has 2 atom stereocenters. The Kier molecular flexibility index (Phi) is 4.02. The lowest BCUT2D eigenvalue weighted by Crippen LogP contribution is -2.23. The Bertz CT molecular complexity index is 735. The van der Waals surface area contributed by atoms with Crippen molar-refractivity contribution in [1.82, 2.24) is 20.5 Å². The van der Waals surface area contributed by atoms with Gasteiger partial charge in [-0.1, -0.05) is 30.3 Å². The Hall–Kier alpha value is -2.47. The van der Waals surface area contributed by atoms with Gasteiger partial charge >= 0.3 is 0 Å². The van der Waals surface area contributed by atoms with Crippen LogP contribution in [0.4, 0.5) is 0 Å². The summed E-state index contributed by atoms with van der Waals surface area (Å²) in [4.78, 5) is 4.35. The fourth-order valence-corrected chi connectivity index (χ4v) is 2.23. The Morgan fingerprint density at radius 2 is 1.68 bits per heavy atom. The number of hydrogen-bond acceptors (Lipinski definition) is 6. The second-order valence-electron chi connectivity index (χ2n) is 5.20. The normalized spacial score (nSPS) is 14.0. The van der Waals surface area contributed by atoms with Crippen molar-refractivity contribution in [3.8, 4) is 11.3 Å². The van der Waals surface area contributed by atoms with Crippen LogP contribution in [-0.4, -0.2) is 15.2 Å². The molecule has 0 fully saturated rings. The average Bonchev–Trinajstić information content (AvgIpc) is 3.17. The third kappa shape index (κ3) is 3.07.